The highest BCUT2D eigenvalue weighted by atomic mass is 35.5. The molecule has 0 aliphatic rings. The molecule has 0 aliphatic carbocycles. The van der Waals surface area contributed by atoms with Crippen LogP contribution >= 0.6 is 11.6 Å². The lowest BCUT2D eigenvalue weighted by Gasteiger charge is -2.25. The van der Waals surface area contributed by atoms with Crippen LogP contribution in [-0.4, -0.2) is 29.8 Å². The number of rotatable bonds is 7. The molecule has 0 spiro atoms. The van der Waals surface area contributed by atoms with E-state index in [0.717, 1.165) is 5.56 Å². The summed E-state index contributed by atoms with van der Waals surface area (Å²) in [5, 5.41) is 13.4. The summed E-state index contributed by atoms with van der Waals surface area (Å²) >= 11 is 5.86. The Hall–Kier alpha value is -1.26. The zero-order valence-electron chi connectivity index (χ0n) is 13.1. The van der Waals surface area contributed by atoms with Crippen LogP contribution in [0.3, 0.4) is 0 Å². The van der Waals surface area contributed by atoms with Crippen LogP contribution in [0.4, 0.5) is 0 Å². The van der Waals surface area contributed by atoms with E-state index in [9.17, 15) is 9.90 Å². The van der Waals surface area contributed by atoms with Crippen molar-refractivity contribution in [1.29, 1.82) is 0 Å². The van der Waals surface area contributed by atoms with Crippen molar-refractivity contribution in [3.05, 3.63) is 28.8 Å². The summed E-state index contributed by atoms with van der Waals surface area (Å²) < 4.78 is 5.45. The van der Waals surface area contributed by atoms with Crippen LogP contribution in [0.15, 0.2) is 18.2 Å². The van der Waals surface area contributed by atoms with Gasteiger partial charge in [0, 0.05) is 11.6 Å². The number of ether oxygens (including phenoxy) is 1. The van der Waals surface area contributed by atoms with Crippen molar-refractivity contribution >= 4 is 17.5 Å². The Morgan fingerprint density at radius 3 is 2.71 bits per heavy atom. The summed E-state index contributed by atoms with van der Waals surface area (Å²) in [6.45, 7) is 7.78. The summed E-state index contributed by atoms with van der Waals surface area (Å²) in [6.07, 6.45) is 0.629. The van der Waals surface area contributed by atoms with Gasteiger partial charge in [-0.2, -0.15) is 0 Å². The predicted molar refractivity (Wildman–Crippen MR) is 84.8 cm³/mol. The summed E-state index contributed by atoms with van der Waals surface area (Å²) in [6, 6.07) is 5.23. The zero-order valence-corrected chi connectivity index (χ0v) is 13.8. The van der Waals surface area contributed by atoms with Gasteiger partial charge in [0.15, 0.2) is 6.61 Å². The van der Waals surface area contributed by atoms with Crippen molar-refractivity contribution in [3.8, 4) is 5.75 Å². The lowest BCUT2D eigenvalue weighted by molar-refractivity contribution is -0.124. The smallest absolute Gasteiger partial charge is 0.258 e. The topological polar surface area (TPSA) is 58.6 Å². The molecule has 1 amide bonds. The number of aliphatic hydroxyl groups is 1. The zero-order chi connectivity index (χ0) is 16.0. The van der Waals surface area contributed by atoms with Crippen molar-refractivity contribution in [2.45, 2.75) is 39.7 Å². The first-order valence-electron chi connectivity index (χ1n) is 7.07. The van der Waals surface area contributed by atoms with Gasteiger partial charge in [-0.05, 0) is 49.9 Å². The number of hydrogen-bond donors (Lipinski definition) is 2. The van der Waals surface area contributed by atoms with E-state index in [4.69, 9.17) is 16.3 Å². The van der Waals surface area contributed by atoms with Gasteiger partial charge in [0.05, 0.1) is 5.60 Å². The van der Waals surface area contributed by atoms with E-state index in [-0.39, 0.29) is 19.1 Å². The molecule has 0 saturated heterocycles. The van der Waals surface area contributed by atoms with Crippen LogP contribution in [0.1, 0.15) is 32.8 Å². The number of carbonyl (C=O) groups excluding carboxylic acids is 1. The van der Waals surface area contributed by atoms with Gasteiger partial charge in [0.1, 0.15) is 5.75 Å². The number of nitrogens with one attached hydrogen (secondary N) is 1. The highest BCUT2D eigenvalue weighted by molar-refractivity contribution is 6.30. The van der Waals surface area contributed by atoms with Crippen molar-refractivity contribution in [2.24, 2.45) is 5.92 Å². The molecule has 118 valence electrons. The molecule has 0 bridgehead atoms. The summed E-state index contributed by atoms with van der Waals surface area (Å²) in [7, 11) is 0. The highest BCUT2D eigenvalue weighted by Crippen LogP contribution is 2.21. The Bertz CT molecular complexity index is 486. The van der Waals surface area contributed by atoms with Crippen LogP contribution < -0.4 is 10.1 Å². The van der Waals surface area contributed by atoms with E-state index in [1.165, 1.54) is 0 Å². The molecule has 21 heavy (non-hydrogen) atoms. The molecule has 0 radical (unpaired) electrons. The summed E-state index contributed by atoms with van der Waals surface area (Å²) in [4.78, 5) is 11.8. The third kappa shape index (κ3) is 6.82. The first kappa shape index (κ1) is 17.8. The molecule has 0 aromatic heterocycles. The Balaban J connectivity index is 2.41. The molecule has 1 aromatic rings. The second-order valence-electron chi connectivity index (χ2n) is 6.07. The van der Waals surface area contributed by atoms with Gasteiger partial charge < -0.3 is 15.2 Å². The Morgan fingerprint density at radius 1 is 1.48 bits per heavy atom. The number of halogens is 1. The van der Waals surface area contributed by atoms with Gasteiger partial charge in [0.2, 0.25) is 0 Å². The normalized spacial score (nSPS) is 13.9. The average Bonchev–Trinajstić information content (AvgIpc) is 2.34. The predicted octanol–water partition coefficient (Wildman–Crippen LogP) is 2.94. The SMILES string of the molecule is Cc1cc(Cl)ccc1OCC(=O)NCC(C)(O)CC(C)C. The molecule has 1 aromatic carbocycles. The lowest BCUT2D eigenvalue weighted by atomic mass is 9.94. The number of carbonyl (C=O) groups is 1. The fraction of sp³-hybridized carbons (Fsp3) is 0.562. The van der Waals surface area contributed by atoms with E-state index < -0.39 is 5.60 Å². The van der Waals surface area contributed by atoms with Crippen molar-refractivity contribution in [1.82, 2.24) is 5.32 Å². The number of benzene rings is 1. The minimum absolute atomic E-state index is 0.0831. The van der Waals surface area contributed by atoms with Gasteiger partial charge in [-0.1, -0.05) is 25.4 Å². The van der Waals surface area contributed by atoms with E-state index >= 15 is 0 Å². The second kappa shape index (κ2) is 7.66. The maximum atomic E-state index is 11.8. The minimum atomic E-state index is -0.903. The van der Waals surface area contributed by atoms with Gasteiger partial charge in [0.25, 0.3) is 5.91 Å². The van der Waals surface area contributed by atoms with E-state index in [2.05, 4.69) is 5.32 Å². The standard InChI is InChI=1S/C16H24ClNO3/c1-11(2)8-16(4,20)10-18-15(19)9-21-14-6-5-13(17)7-12(14)3/h5-7,11,20H,8-10H2,1-4H3,(H,18,19). The monoisotopic (exact) mass is 313 g/mol. The van der Waals surface area contributed by atoms with E-state index in [0.29, 0.717) is 23.1 Å². The molecule has 1 atom stereocenters. The van der Waals surface area contributed by atoms with Crippen LogP contribution in [0.5, 0.6) is 5.75 Å². The van der Waals surface area contributed by atoms with Crippen LogP contribution in [0.25, 0.3) is 0 Å². The van der Waals surface area contributed by atoms with Gasteiger partial charge in [-0.15, -0.1) is 0 Å². The summed E-state index contributed by atoms with van der Waals surface area (Å²) in [5.41, 5.74) is -0.0258. The minimum Gasteiger partial charge on any atom is -0.484 e. The molecule has 2 N–H and O–H groups in total. The van der Waals surface area contributed by atoms with Crippen LogP contribution in [0, 0.1) is 12.8 Å². The van der Waals surface area contributed by atoms with Crippen molar-refractivity contribution in [3.63, 3.8) is 0 Å². The molecule has 0 aliphatic heterocycles. The molecule has 1 rings (SSSR count). The highest BCUT2D eigenvalue weighted by Gasteiger charge is 2.22. The third-order valence-corrected chi connectivity index (χ3v) is 3.25. The lowest BCUT2D eigenvalue weighted by Crippen LogP contribution is -2.43. The largest absolute Gasteiger partial charge is 0.484 e. The Kier molecular flexibility index (Phi) is 6.49. The molecule has 5 heteroatoms. The first-order chi connectivity index (χ1) is 9.69. The number of amides is 1. The molecule has 0 heterocycles. The molecular formula is C16H24ClNO3. The third-order valence-electron chi connectivity index (χ3n) is 3.01. The molecule has 0 saturated carbocycles. The van der Waals surface area contributed by atoms with E-state index in [1.807, 2.05) is 20.8 Å². The van der Waals surface area contributed by atoms with Crippen molar-refractivity contribution < 1.29 is 14.6 Å². The van der Waals surface area contributed by atoms with Crippen molar-refractivity contribution in [2.75, 3.05) is 13.2 Å². The fourth-order valence-electron chi connectivity index (χ4n) is 2.21. The quantitative estimate of drug-likeness (QED) is 0.813. The first-order valence-corrected chi connectivity index (χ1v) is 7.45. The molecular weight excluding hydrogens is 290 g/mol. The number of hydrogen-bond acceptors (Lipinski definition) is 3. The van der Waals surface area contributed by atoms with Gasteiger partial charge in [-0.3, -0.25) is 4.79 Å². The molecule has 4 nitrogen and oxygen atoms in total. The van der Waals surface area contributed by atoms with E-state index in [1.54, 1.807) is 25.1 Å². The number of aryl methyl sites for hydroxylation is 1. The molecule has 0 fully saturated rings. The second-order valence-corrected chi connectivity index (χ2v) is 6.51. The maximum Gasteiger partial charge on any atom is 0.258 e. The fourth-order valence-corrected chi connectivity index (χ4v) is 2.44. The van der Waals surface area contributed by atoms with Gasteiger partial charge >= 0.3 is 0 Å². The van der Waals surface area contributed by atoms with Crippen LogP contribution in [0.2, 0.25) is 5.02 Å². The van der Waals surface area contributed by atoms with Gasteiger partial charge in [-0.25, -0.2) is 0 Å². The van der Waals surface area contributed by atoms with Crippen LogP contribution in [-0.2, 0) is 4.79 Å². The molecule has 1 unspecified atom stereocenters. The summed E-state index contributed by atoms with van der Waals surface area (Å²) in [5.74, 6) is 0.738. The Morgan fingerprint density at radius 2 is 2.14 bits per heavy atom. The Labute approximate surface area is 131 Å². The average molecular weight is 314 g/mol. The maximum absolute atomic E-state index is 11.8.